The molecular weight excluding hydrogens is 260 g/mol. The second-order valence-corrected chi connectivity index (χ2v) is 6.77. The van der Waals surface area contributed by atoms with Crippen LogP contribution >= 0.6 is 11.3 Å². The molecule has 0 saturated carbocycles. The van der Waals surface area contributed by atoms with E-state index in [0.717, 1.165) is 0 Å². The van der Waals surface area contributed by atoms with Crippen LogP contribution < -0.4 is 4.72 Å². The van der Waals surface area contributed by atoms with E-state index in [4.69, 9.17) is 5.11 Å². The van der Waals surface area contributed by atoms with Gasteiger partial charge in [0.15, 0.2) is 5.13 Å². The van der Waals surface area contributed by atoms with Gasteiger partial charge in [-0.05, 0) is 13.8 Å². The number of aliphatic hydroxyl groups is 1. The van der Waals surface area contributed by atoms with Crippen LogP contribution in [0.5, 0.6) is 0 Å². The zero-order chi connectivity index (χ0) is 12.9. The van der Waals surface area contributed by atoms with Crippen molar-refractivity contribution in [1.82, 2.24) is 4.98 Å². The maximum Gasteiger partial charge on any atom is 0.236 e. The van der Waals surface area contributed by atoms with E-state index in [9.17, 15) is 8.42 Å². The molecule has 1 aromatic rings. The third-order valence-electron chi connectivity index (χ3n) is 1.80. The molecule has 0 bridgehead atoms. The highest BCUT2D eigenvalue weighted by atomic mass is 32.2. The van der Waals surface area contributed by atoms with Crippen LogP contribution in [-0.2, 0) is 10.0 Å². The Balaban J connectivity index is 2.74. The fraction of sp³-hybridized carbons (Fsp3) is 0.500. The summed E-state index contributed by atoms with van der Waals surface area (Å²) < 4.78 is 25.5. The molecule has 0 aliphatic carbocycles. The molecule has 0 aromatic carbocycles. The lowest BCUT2D eigenvalue weighted by atomic mass is 10.4. The summed E-state index contributed by atoms with van der Waals surface area (Å²) in [7, 11) is -3.35. The smallest absolute Gasteiger partial charge is 0.236 e. The summed E-state index contributed by atoms with van der Waals surface area (Å²) in [5, 5.41) is 8.36. The summed E-state index contributed by atoms with van der Waals surface area (Å²) >= 11 is 1.17. The van der Waals surface area contributed by atoms with Crippen LogP contribution in [0.1, 0.15) is 25.1 Å². The molecule has 94 valence electrons. The maximum atomic E-state index is 11.6. The van der Waals surface area contributed by atoms with Gasteiger partial charge in [-0.2, -0.15) is 0 Å². The predicted molar refractivity (Wildman–Crippen MR) is 68.4 cm³/mol. The molecule has 0 aliphatic rings. The molecule has 7 heteroatoms. The molecule has 0 amide bonds. The highest BCUT2D eigenvalue weighted by molar-refractivity contribution is 7.93. The topological polar surface area (TPSA) is 79.3 Å². The van der Waals surface area contributed by atoms with Gasteiger partial charge in [-0.15, -0.1) is 0 Å². The van der Waals surface area contributed by atoms with Gasteiger partial charge in [-0.1, -0.05) is 23.2 Å². The summed E-state index contributed by atoms with van der Waals surface area (Å²) in [6.07, 6.45) is 1.90. The van der Waals surface area contributed by atoms with E-state index in [1.165, 1.54) is 17.5 Å². The van der Waals surface area contributed by atoms with Crippen LogP contribution in [0.4, 0.5) is 5.13 Å². The highest BCUT2D eigenvalue weighted by Gasteiger charge is 2.17. The molecule has 2 N–H and O–H groups in total. The third kappa shape index (κ3) is 4.34. The number of rotatable bonds is 4. The Bertz CT molecular complexity index is 523. The molecule has 5 nitrogen and oxygen atoms in total. The summed E-state index contributed by atoms with van der Waals surface area (Å²) in [5.74, 6) is 5.54. The second-order valence-electron chi connectivity index (χ2n) is 3.50. The molecule has 0 fully saturated rings. The Morgan fingerprint density at radius 1 is 1.59 bits per heavy atom. The first kappa shape index (κ1) is 14.0. The number of sulfonamides is 1. The van der Waals surface area contributed by atoms with Gasteiger partial charge in [-0.25, -0.2) is 13.4 Å². The van der Waals surface area contributed by atoms with Crippen LogP contribution in [0.3, 0.4) is 0 Å². The third-order valence-corrected chi connectivity index (χ3v) is 4.48. The summed E-state index contributed by atoms with van der Waals surface area (Å²) in [5.41, 5.74) is 0. The zero-order valence-electron chi connectivity index (χ0n) is 9.60. The monoisotopic (exact) mass is 274 g/mol. The molecule has 0 radical (unpaired) electrons. The number of hydrogen-bond acceptors (Lipinski definition) is 5. The molecule has 0 atom stereocenters. The van der Waals surface area contributed by atoms with Gasteiger partial charge >= 0.3 is 0 Å². The SMILES string of the molecule is CC(C)S(=O)(=O)Nc1ncc(C#CCCO)s1. The van der Waals surface area contributed by atoms with Crippen LogP contribution in [0.2, 0.25) is 0 Å². The van der Waals surface area contributed by atoms with Crippen molar-refractivity contribution >= 4 is 26.5 Å². The van der Waals surface area contributed by atoms with E-state index in [-0.39, 0.29) is 6.61 Å². The van der Waals surface area contributed by atoms with Crippen LogP contribution in [0, 0.1) is 11.8 Å². The quantitative estimate of drug-likeness (QED) is 0.804. The van der Waals surface area contributed by atoms with Crippen molar-refractivity contribution in [3.63, 3.8) is 0 Å². The molecule has 1 rings (SSSR count). The molecule has 1 aromatic heterocycles. The number of anilines is 1. The van der Waals surface area contributed by atoms with Crippen molar-refractivity contribution in [3.8, 4) is 11.8 Å². The summed E-state index contributed by atoms with van der Waals surface area (Å²) in [6.45, 7) is 3.20. The average molecular weight is 274 g/mol. The van der Waals surface area contributed by atoms with E-state index >= 15 is 0 Å². The van der Waals surface area contributed by atoms with Crippen molar-refractivity contribution in [1.29, 1.82) is 0 Å². The van der Waals surface area contributed by atoms with Gasteiger partial charge in [0.25, 0.3) is 0 Å². The lowest BCUT2D eigenvalue weighted by molar-refractivity contribution is 0.305. The normalized spacial score (nSPS) is 11.1. The maximum absolute atomic E-state index is 11.6. The molecule has 17 heavy (non-hydrogen) atoms. The van der Waals surface area contributed by atoms with E-state index in [1.807, 2.05) is 0 Å². The Morgan fingerprint density at radius 2 is 2.29 bits per heavy atom. The minimum atomic E-state index is -3.35. The zero-order valence-corrected chi connectivity index (χ0v) is 11.2. The molecule has 1 heterocycles. The van der Waals surface area contributed by atoms with E-state index in [2.05, 4.69) is 21.5 Å². The number of nitrogens with one attached hydrogen (secondary N) is 1. The lowest BCUT2D eigenvalue weighted by Crippen LogP contribution is -2.22. The van der Waals surface area contributed by atoms with Gasteiger partial charge in [-0.3, -0.25) is 4.72 Å². The molecule has 0 aliphatic heterocycles. The number of thiazole rings is 1. The van der Waals surface area contributed by atoms with Crippen molar-refractivity contribution in [2.75, 3.05) is 11.3 Å². The van der Waals surface area contributed by atoms with E-state index < -0.39 is 15.3 Å². The van der Waals surface area contributed by atoms with Gasteiger partial charge in [0, 0.05) is 6.42 Å². The largest absolute Gasteiger partial charge is 0.395 e. The predicted octanol–water partition coefficient (Wildman–Crippen LogP) is 1.03. The minimum absolute atomic E-state index is 0.0125. The van der Waals surface area contributed by atoms with E-state index in [1.54, 1.807) is 13.8 Å². The fourth-order valence-electron chi connectivity index (χ4n) is 0.824. The van der Waals surface area contributed by atoms with Crippen molar-refractivity contribution in [2.24, 2.45) is 0 Å². The fourth-order valence-corrected chi connectivity index (χ4v) is 2.41. The summed E-state index contributed by atoms with van der Waals surface area (Å²) in [4.78, 5) is 4.59. The van der Waals surface area contributed by atoms with Crippen LogP contribution in [-0.4, -0.2) is 30.4 Å². The van der Waals surface area contributed by atoms with Gasteiger partial charge in [0.1, 0.15) is 0 Å². The minimum Gasteiger partial charge on any atom is -0.395 e. The van der Waals surface area contributed by atoms with Crippen molar-refractivity contribution in [3.05, 3.63) is 11.1 Å². The number of nitrogens with zero attached hydrogens (tertiary/aromatic N) is 1. The van der Waals surface area contributed by atoms with Crippen molar-refractivity contribution in [2.45, 2.75) is 25.5 Å². The highest BCUT2D eigenvalue weighted by Crippen LogP contribution is 2.19. The van der Waals surface area contributed by atoms with E-state index in [0.29, 0.717) is 16.4 Å². The Morgan fingerprint density at radius 3 is 2.88 bits per heavy atom. The molecular formula is C10H14N2O3S2. The Hall–Kier alpha value is -1.10. The van der Waals surface area contributed by atoms with Gasteiger partial charge < -0.3 is 5.11 Å². The Kier molecular flexibility index (Phi) is 4.93. The first-order valence-electron chi connectivity index (χ1n) is 5.03. The Labute approximate surface area is 105 Å². The van der Waals surface area contributed by atoms with Crippen LogP contribution in [0.25, 0.3) is 0 Å². The van der Waals surface area contributed by atoms with Gasteiger partial charge in [0.2, 0.25) is 10.0 Å². The first-order valence-corrected chi connectivity index (χ1v) is 7.39. The lowest BCUT2D eigenvalue weighted by Gasteiger charge is -2.06. The number of aliphatic hydroxyl groups excluding tert-OH is 1. The van der Waals surface area contributed by atoms with Crippen molar-refractivity contribution < 1.29 is 13.5 Å². The first-order chi connectivity index (χ1) is 7.95. The van der Waals surface area contributed by atoms with Crippen LogP contribution in [0.15, 0.2) is 6.20 Å². The van der Waals surface area contributed by atoms with Gasteiger partial charge in [0.05, 0.1) is 22.9 Å². The average Bonchev–Trinajstić information content (AvgIpc) is 2.65. The molecule has 0 unspecified atom stereocenters. The molecule has 0 saturated heterocycles. The standard InChI is InChI=1S/C10H14N2O3S2/c1-8(2)17(14,15)12-10-11-7-9(16-10)5-3-4-6-13/h7-8,13H,4,6H2,1-2H3,(H,11,12). The second kappa shape index (κ2) is 6.00. The number of hydrogen-bond donors (Lipinski definition) is 2. The number of aromatic nitrogens is 1. The molecule has 0 spiro atoms. The summed E-state index contributed by atoms with van der Waals surface area (Å²) in [6, 6.07) is 0.